The zero-order valence-corrected chi connectivity index (χ0v) is 16.4. The Bertz CT molecular complexity index is 1200. The Labute approximate surface area is 160 Å². The third-order valence-electron chi connectivity index (χ3n) is 5.91. The molecule has 134 valence electrons. The largest absolute Gasteiger partial charge is 0.256 e. The van der Waals surface area contributed by atoms with Crippen molar-refractivity contribution in [1.82, 2.24) is 9.97 Å². The summed E-state index contributed by atoms with van der Waals surface area (Å²) >= 11 is 0. The first-order valence-electron chi connectivity index (χ1n) is 9.77. The summed E-state index contributed by atoms with van der Waals surface area (Å²) in [6.45, 7) is 9.27. The lowest BCUT2D eigenvalue weighted by Crippen LogP contribution is -2.25. The summed E-state index contributed by atoms with van der Waals surface area (Å²) in [5.74, 6) is 0.639. The van der Waals surface area contributed by atoms with Gasteiger partial charge >= 0.3 is 0 Å². The smallest absolute Gasteiger partial charge is 0.0786 e. The van der Waals surface area contributed by atoms with Gasteiger partial charge in [0, 0.05) is 34.1 Å². The van der Waals surface area contributed by atoms with Crippen molar-refractivity contribution in [3.05, 3.63) is 71.5 Å². The van der Waals surface area contributed by atoms with Crippen molar-refractivity contribution in [1.29, 1.82) is 0 Å². The van der Waals surface area contributed by atoms with Crippen LogP contribution in [-0.2, 0) is 11.8 Å². The summed E-state index contributed by atoms with van der Waals surface area (Å²) in [6, 6.07) is 15.5. The molecule has 0 aliphatic heterocycles. The van der Waals surface area contributed by atoms with Crippen molar-refractivity contribution in [3.63, 3.8) is 0 Å². The number of fused-ring (bicyclic) bond motifs is 4. The van der Waals surface area contributed by atoms with Crippen molar-refractivity contribution >= 4 is 21.7 Å². The van der Waals surface area contributed by atoms with E-state index in [4.69, 9.17) is 4.98 Å². The van der Waals surface area contributed by atoms with Crippen LogP contribution in [0.15, 0.2) is 54.9 Å². The van der Waals surface area contributed by atoms with Gasteiger partial charge in [0.1, 0.15) is 0 Å². The molecule has 1 aliphatic carbocycles. The highest BCUT2D eigenvalue weighted by Crippen LogP contribution is 2.50. The van der Waals surface area contributed by atoms with Crippen LogP contribution in [-0.4, -0.2) is 9.97 Å². The zero-order valence-electron chi connectivity index (χ0n) is 16.4. The average molecular weight is 352 g/mol. The Morgan fingerprint density at radius 1 is 0.963 bits per heavy atom. The minimum Gasteiger partial charge on any atom is -0.256 e. The SMILES string of the molecule is CC(C)Cc1cc2c3c(nccc3c1)-c1ccc3ncccc3c1C2(C)C. The molecule has 0 fully saturated rings. The Hall–Kier alpha value is -2.74. The van der Waals surface area contributed by atoms with Gasteiger partial charge in [0.05, 0.1) is 11.2 Å². The second-order valence-electron chi connectivity index (χ2n) is 8.68. The fraction of sp³-hybridized carbons (Fsp3) is 0.280. The van der Waals surface area contributed by atoms with E-state index in [1.54, 1.807) is 0 Å². The molecule has 2 heteroatoms. The Kier molecular flexibility index (Phi) is 3.42. The van der Waals surface area contributed by atoms with Gasteiger partial charge in [-0.2, -0.15) is 0 Å². The molecule has 2 heterocycles. The van der Waals surface area contributed by atoms with Gasteiger partial charge in [0.2, 0.25) is 0 Å². The van der Waals surface area contributed by atoms with Crippen molar-refractivity contribution in [3.8, 4) is 11.3 Å². The number of benzene rings is 2. The van der Waals surface area contributed by atoms with Gasteiger partial charge in [0.25, 0.3) is 0 Å². The summed E-state index contributed by atoms with van der Waals surface area (Å²) in [5, 5.41) is 3.85. The highest BCUT2D eigenvalue weighted by atomic mass is 14.7. The van der Waals surface area contributed by atoms with Gasteiger partial charge in [-0.15, -0.1) is 0 Å². The van der Waals surface area contributed by atoms with E-state index >= 15 is 0 Å². The van der Waals surface area contributed by atoms with Crippen LogP contribution in [0.25, 0.3) is 32.9 Å². The van der Waals surface area contributed by atoms with Crippen LogP contribution in [0.3, 0.4) is 0 Å². The van der Waals surface area contributed by atoms with Gasteiger partial charge in [-0.3, -0.25) is 9.97 Å². The molecule has 0 N–H and O–H groups in total. The molecule has 0 amide bonds. The summed E-state index contributed by atoms with van der Waals surface area (Å²) in [5.41, 5.74) is 7.47. The molecule has 0 unspecified atom stereocenters. The van der Waals surface area contributed by atoms with Crippen molar-refractivity contribution in [2.75, 3.05) is 0 Å². The Morgan fingerprint density at radius 2 is 1.81 bits per heavy atom. The first kappa shape index (κ1) is 16.4. The quantitative estimate of drug-likeness (QED) is 0.424. The van der Waals surface area contributed by atoms with Gasteiger partial charge in [-0.1, -0.05) is 52.0 Å². The first-order chi connectivity index (χ1) is 13.0. The Balaban J connectivity index is 1.93. The summed E-state index contributed by atoms with van der Waals surface area (Å²) < 4.78 is 0. The standard InChI is InChI=1S/C25H24N2/c1-15(2)12-16-13-17-9-11-27-24-19-7-8-21-18(6-5-10-26-21)23(19)25(3,4)20(14-16)22(17)24/h5-11,13-15H,12H2,1-4H3. The second kappa shape index (κ2) is 5.63. The molecule has 0 saturated carbocycles. The fourth-order valence-electron chi connectivity index (χ4n) is 4.82. The average Bonchev–Trinajstić information content (AvgIpc) is 2.64. The number of pyridine rings is 2. The van der Waals surface area contributed by atoms with Crippen LogP contribution < -0.4 is 0 Å². The molecule has 27 heavy (non-hydrogen) atoms. The maximum absolute atomic E-state index is 4.82. The molecule has 5 rings (SSSR count). The van der Waals surface area contributed by atoms with E-state index in [0.717, 1.165) is 17.6 Å². The molecule has 0 bridgehead atoms. The number of hydrogen-bond donors (Lipinski definition) is 0. The summed E-state index contributed by atoms with van der Waals surface area (Å²) in [6.07, 6.45) is 4.93. The molecule has 0 saturated heterocycles. The van der Waals surface area contributed by atoms with Crippen LogP contribution >= 0.6 is 0 Å². The lowest BCUT2D eigenvalue weighted by molar-refractivity contribution is 0.633. The van der Waals surface area contributed by atoms with Crippen LogP contribution in [0.1, 0.15) is 44.4 Å². The van der Waals surface area contributed by atoms with E-state index in [-0.39, 0.29) is 5.41 Å². The molecule has 2 nitrogen and oxygen atoms in total. The molecule has 0 spiro atoms. The first-order valence-corrected chi connectivity index (χ1v) is 9.77. The van der Waals surface area contributed by atoms with Crippen LogP contribution in [0.4, 0.5) is 0 Å². The van der Waals surface area contributed by atoms with Crippen LogP contribution in [0.5, 0.6) is 0 Å². The third-order valence-corrected chi connectivity index (χ3v) is 5.91. The summed E-state index contributed by atoms with van der Waals surface area (Å²) in [7, 11) is 0. The number of hydrogen-bond acceptors (Lipinski definition) is 2. The normalized spacial score (nSPS) is 14.7. The topological polar surface area (TPSA) is 25.8 Å². The predicted molar refractivity (Wildman–Crippen MR) is 113 cm³/mol. The van der Waals surface area contributed by atoms with Gasteiger partial charge in [0.15, 0.2) is 0 Å². The predicted octanol–water partition coefficient (Wildman–Crippen LogP) is 6.29. The van der Waals surface area contributed by atoms with E-state index in [0.29, 0.717) is 5.92 Å². The van der Waals surface area contributed by atoms with Crippen molar-refractivity contribution < 1.29 is 0 Å². The van der Waals surface area contributed by atoms with Crippen molar-refractivity contribution in [2.24, 2.45) is 5.92 Å². The molecular weight excluding hydrogens is 328 g/mol. The molecule has 4 aromatic rings. The second-order valence-corrected chi connectivity index (χ2v) is 8.68. The minimum atomic E-state index is -0.0981. The lowest BCUT2D eigenvalue weighted by Gasteiger charge is -2.36. The highest BCUT2D eigenvalue weighted by Gasteiger charge is 2.36. The van der Waals surface area contributed by atoms with E-state index in [1.165, 1.54) is 38.4 Å². The maximum Gasteiger partial charge on any atom is 0.0786 e. The molecule has 0 radical (unpaired) electrons. The number of nitrogens with zero attached hydrogens (tertiary/aromatic N) is 2. The van der Waals surface area contributed by atoms with E-state index in [2.05, 4.69) is 69.1 Å². The third kappa shape index (κ3) is 2.32. The highest BCUT2D eigenvalue weighted by molar-refractivity contribution is 6.05. The van der Waals surface area contributed by atoms with Crippen molar-refractivity contribution in [2.45, 2.75) is 39.5 Å². The lowest BCUT2D eigenvalue weighted by atomic mass is 9.68. The molecule has 2 aromatic carbocycles. The van der Waals surface area contributed by atoms with Gasteiger partial charge in [-0.25, -0.2) is 0 Å². The maximum atomic E-state index is 4.82. The van der Waals surface area contributed by atoms with E-state index in [1.807, 2.05) is 18.5 Å². The van der Waals surface area contributed by atoms with Crippen LogP contribution in [0.2, 0.25) is 0 Å². The molecule has 1 aliphatic rings. The Morgan fingerprint density at radius 3 is 2.63 bits per heavy atom. The van der Waals surface area contributed by atoms with Gasteiger partial charge in [-0.05, 0) is 52.6 Å². The minimum absolute atomic E-state index is 0.0981. The molecule has 0 atom stereocenters. The molecular formula is C25H24N2. The number of aromatic nitrogens is 2. The van der Waals surface area contributed by atoms with Gasteiger partial charge < -0.3 is 0 Å². The van der Waals surface area contributed by atoms with Crippen LogP contribution in [0, 0.1) is 5.92 Å². The monoisotopic (exact) mass is 352 g/mol. The fourth-order valence-corrected chi connectivity index (χ4v) is 4.82. The zero-order chi connectivity index (χ0) is 18.8. The summed E-state index contributed by atoms with van der Waals surface area (Å²) in [4.78, 5) is 9.42. The number of rotatable bonds is 2. The van der Waals surface area contributed by atoms with E-state index in [9.17, 15) is 0 Å². The van der Waals surface area contributed by atoms with E-state index < -0.39 is 0 Å². The molecule has 2 aromatic heterocycles.